The average molecular weight is 264 g/mol. The lowest BCUT2D eigenvalue weighted by atomic mass is 10.3. The van der Waals surface area contributed by atoms with E-state index in [0.717, 1.165) is 49.0 Å². The largest absolute Gasteiger partial charge is 0.343 e. The maximum atomic E-state index is 11.4. The lowest BCUT2D eigenvalue weighted by Gasteiger charge is -2.02. The number of nitrogens with zero attached hydrogens (tertiary/aromatic N) is 2. The Morgan fingerprint density at radius 1 is 1.44 bits per heavy atom. The molecular formula is C10H18ClN3OS. The molecule has 1 N–H and O–H groups in total. The van der Waals surface area contributed by atoms with Crippen molar-refractivity contribution in [2.75, 3.05) is 11.6 Å². The smallest absolute Gasteiger partial charge is 0.270 e. The number of nitrogens with one attached hydrogen (secondary N) is 1. The molecule has 0 fully saturated rings. The van der Waals surface area contributed by atoms with Crippen LogP contribution in [0.4, 0.5) is 0 Å². The van der Waals surface area contributed by atoms with Crippen molar-refractivity contribution in [3.8, 4) is 0 Å². The van der Waals surface area contributed by atoms with Crippen LogP contribution in [0.3, 0.4) is 0 Å². The minimum Gasteiger partial charge on any atom is -0.270 e. The number of aromatic amines is 1. The molecule has 0 atom stereocenters. The lowest BCUT2D eigenvalue weighted by molar-refractivity contribution is 0.603. The zero-order valence-corrected chi connectivity index (χ0v) is 11.1. The van der Waals surface area contributed by atoms with Gasteiger partial charge in [0.25, 0.3) is 0 Å². The molecule has 0 aliphatic carbocycles. The number of rotatable bonds is 8. The van der Waals surface area contributed by atoms with Crippen LogP contribution in [0.2, 0.25) is 0 Å². The predicted molar refractivity (Wildman–Crippen MR) is 68.4 cm³/mol. The van der Waals surface area contributed by atoms with E-state index in [4.69, 9.17) is 11.6 Å². The molecule has 1 aromatic heterocycles. The van der Waals surface area contributed by atoms with Gasteiger partial charge in [-0.15, -0.1) is 16.7 Å². The van der Waals surface area contributed by atoms with E-state index in [1.807, 2.05) is 6.92 Å². The van der Waals surface area contributed by atoms with Gasteiger partial charge in [0.1, 0.15) is 0 Å². The van der Waals surface area contributed by atoms with Gasteiger partial charge in [0.2, 0.25) is 0 Å². The van der Waals surface area contributed by atoms with Crippen LogP contribution in [0.15, 0.2) is 9.95 Å². The van der Waals surface area contributed by atoms with E-state index < -0.39 is 0 Å². The van der Waals surface area contributed by atoms with Crippen LogP contribution in [0.5, 0.6) is 0 Å². The second kappa shape index (κ2) is 7.79. The Bertz CT molecular complexity index is 350. The van der Waals surface area contributed by atoms with Crippen molar-refractivity contribution in [3.05, 3.63) is 10.5 Å². The van der Waals surface area contributed by atoms with Crippen molar-refractivity contribution in [3.63, 3.8) is 0 Å². The van der Waals surface area contributed by atoms with E-state index in [1.165, 1.54) is 0 Å². The standard InChI is InChI=1S/C10H18ClN3OS/c1-2-7-14-9(15)12-13-10(14)16-8-5-3-4-6-11/h2-8H2,1H3,(H,12,15). The summed E-state index contributed by atoms with van der Waals surface area (Å²) in [5.41, 5.74) is -0.106. The molecule has 0 radical (unpaired) electrons. The van der Waals surface area contributed by atoms with Crippen LogP contribution >= 0.6 is 23.4 Å². The fourth-order valence-electron chi connectivity index (χ4n) is 1.37. The first kappa shape index (κ1) is 13.6. The fraction of sp³-hybridized carbons (Fsp3) is 0.800. The van der Waals surface area contributed by atoms with Crippen LogP contribution in [-0.2, 0) is 6.54 Å². The van der Waals surface area contributed by atoms with Gasteiger partial charge in [-0.25, -0.2) is 9.89 Å². The normalized spacial score (nSPS) is 10.9. The van der Waals surface area contributed by atoms with E-state index in [0.29, 0.717) is 0 Å². The summed E-state index contributed by atoms with van der Waals surface area (Å²) < 4.78 is 1.70. The van der Waals surface area contributed by atoms with Crippen LogP contribution in [0.25, 0.3) is 0 Å². The molecule has 0 saturated heterocycles. The molecule has 0 spiro atoms. The molecule has 0 aliphatic heterocycles. The lowest BCUT2D eigenvalue weighted by Crippen LogP contribution is -2.17. The van der Waals surface area contributed by atoms with Crippen molar-refractivity contribution in [2.45, 2.75) is 44.3 Å². The first-order valence-electron chi connectivity index (χ1n) is 5.63. The van der Waals surface area contributed by atoms with E-state index in [-0.39, 0.29) is 5.69 Å². The number of alkyl halides is 1. The summed E-state index contributed by atoms with van der Waals surface area (Å²) in [6, 6.07) is 0. The molecule has 1 rings (SSSR count). The Morgan fingerprint density at radius 2 is 2.25 bits per heavy atom. The van der Waals surface area contributed by atoms with Gasteiger partial charge in [-0.3, -0.25) is 4.57 Å². The van der Waals surface area contributed by atoms with E-state index in [1.54, 1.807) is 16.3 Å². The molecule has 4 nitrogen and oxygen atoms in total. The van der Waals surface area contributed by atoms with Crippen molar-refractivity contribution < 1.29 is 0 Å². The maximum absolute atomic E-state index is 11.4. The summed E-state index contributed by atoms with van der Waals surface area (Å²) in [5.74, 6) is 1.72. The van der Waals surface area contributed by atoms with Gasteiger partial charge in [0, 0.05) is 18.2 Å². The van der Waals surface area contributed by atoms with Gasteiger partial charge < -0.3 is 0 Å². The SMILES string of the molecule is CCCn1c(SCCCCCCl)n[nH]c1=O. The molecule has 0 unspecified atom stereocenters. The second-order valence-electron chi connectivity index (χ2n) is 3.56. The molecule has 1 heterocycles. The monoisotopic (exact) mass is 263 g/mol. The third-order valence-corrected chi connectivity index (χ3v) is 3.51. The minimum atomic E-state index is -0.106. The molecule has 1 aromatic rings. The Balaban J connectivity index is 2.38. The van der Waals surface area contributed by atoms with Crippen LogP contribution < -0.4 is 5.69 Å². The van der Waals surface area contributed by atoms with Gasteiger partial charge in [-0.2, -0.15) is 0 Å². The van der Waals surface area contributed by atoms with Gasteiger partial charge >= 0.3 is 5.69 Å². The summed E-state index contributed by atoms with van der Waals surface area (Å²) >= 11 is 7.23. The Hall–Kier alpha value is -0.420. The maximum Gasteiger partial charge on any atom is 0.343 e. The molecule has 6 heteroatoms. The van der Waals surface area contributed by atoms with Gasteiger partial charge in [0.05, 0.1) is 0 Å². The fourth-order valence-corrected chi connectivity index (χ4v) is 2.53. The molecule has 0 amide bonds. The number of unbranched alkanes of at least 4 members (excludes halogenated alkanes) is 2. The minimum absolute atomic E-state index is 0.106. The third kappa shape index (κ3) is 4.22. The number of halogens is 1. The summed E-state index contributed by atoms with van der Waals surface area (Å²) in [6.45, 7) is 2.79. The quantitative estimate of drug-likeness (QED) is 0.445. The molecular weight excluding hydrogens is 246 g/mol. The molecule has 0 aromatic carbocycles. The first-order valence-corrected chi connectivity index (χ1v) is 7.15. The molecule has 0 aliphatic rings. The van der Waals surface area contributed by atoms with E-state index in [2.05, 4.69) is 10.2 Å². The van der Waals surface area contributed by atoms with Gasteiger partial charge in [0.15, 0.2) is 5.16 Å². The van der Waals surface area contributed by atoms with Crippen LogP contribution in [0.1, 0.15) is 32.6 Å². The number of aromatic nitrogens is 3. The zero-order valence-electron chi connectivity index (χ0n) is 9.54. The van der Waals surface area contributed by atoms with Crippen LogP contribution in [0, 0.1) is 0 Å². The molecule has 16 heavy (non-hydrogen) atoms. The highest BCUT2D eigenvalue weighted by Gasteiger charge is 2.06. The molecule has 0 bridgehead atoms. The highest BCUT2D eigenvalue weighted by atomic mass is 35.5. The number of hydrogen-bond donors (Lipinski definition) is 1. The Morgan fingerprint density at radius 3 is 2.94 bits per heavy atom. The van der Waals surface area contributed by atoms with Crippen molar-refractivity contribution >= 4 is 23.4 Å². The van der Waals surface area contributed by atoms with E-state index >= 15 is 0 Å². The van der Waals surface area contributed by atoms with Crippen LogP contribution in [-0.4, -0.2) is 26.4 Å². The van der Waals surface area contributed by atoms with Crippen molar-refractivity contribution in [1.82, 2.24) is 14.8 Å². The first-order chi connectivity index (χ1) is 7.79. The predicted octanol–water partition coefficient (Wildman–Crippen LogP) is 2.48. The van der Waals surface area contributed by atoms with Gasteiger partial charge in [-0.1, -0.05) is 25.1 Å². The van der Waals surface area contributed by atoms with Crippen molar-refractivity contribution in [2.24, 2.45) is 0 Å². The second-order valence-corrected chi connectivity index (χ2v) is 5.00. The zero-order chi connectivity index (χ0) is 11.8. The number of hydrogen-bond acceptors (Lipinski definition) is 3. The topological polar surface area (TPSA) is 50.7 Å². The number of thioether (sulfide) groups is 1. The molecule has 92 valence electrons. The Labute approximate surface area is 105 Å². The summed E-state index contributed by atoms with van der Waals surface area (Å²) in [4.78, 5) is 11.4. The highest BCUT2D eigenvalue weighted by molar-refractivity contribution is 7.99. The van der Waals surface area contributed by atoms with Gasteiger partial charge in [-0.05, 0) is 19.3 Å². The highest BCUT2D eigenvalue weighted by Crippen LogP contribution is 2.15. The summed E-state index contributed by atoms with van der Waals surface area (Å²) in [6.07, 6.45) is 4.26. The summed E-state index contributed by atoms with van der Waals surface area (Å²) in [5, 5.41) is 7.31. The number of H-pyrrole nitrogens is 1. The van der Waals surface area contributed by atoms with E-state index in [9.17, 15) is 4.79 Å². The average Bonchev–Trinajstić information content (AvgIpc) is 2.62. The third-order valence-electron chi connectivity index (χ3n) is 2.18. The summed E-state index contributed by atoms with van der Waals surface area (Å²) in [7, 11) is 0. The van der Waals surface area contributed by atoms with Crippen molar-refractivity contribution in [1.29, 1.82) is 0 Å². The Kier molecular flexibility index (Phi) is 6.64. The molecule has 0 saturated carbocycles.